The lowest BCUT2D eigenvalue weighted by molar-refractivity contribution is 0.370. The van der Waals surface area contributed by atoms with Gasteiger partial charge in [0.25, 0.3) is 0 Å². The zero-order valence-corrected chi connectivity index (χ0v) is 12.8. The first-order valence-electron chi connectivity index (χ1n) is 7.37. The van der Waals surface area contributed by atoms with Crippen LogP contribution in [-0.2, 0) is 0 Å². The van der Waals surface area contributed by atoms with Crippen molar-refractivity contribution in [3.8, 4) is 0 Å². The molecule has 17 heavy (non-hydrogen) atoms. The van der Waals surface area contributed by atoms with E-state index in [0.717, 1.165) is 5.92 Å². The quantitative estimate of drug-likeness (QED) is 0.589. The molecule has 1 aliphatic heterocycles. The standard InChI is InChI=1S/C15H26S2/c1-2-3-4-6-13-7-9-14(10-8-13)15-16-11-5-12-17-15/h13H,2-12H2,1H3. The molecule has 0 aromatic heterocycles. The summed E-state index contributed by atoms with van der Waals surface area (Å²) < 4.78 is 1.71. The second kappa shape index (κ2) is 7.78. The largest absolute Gasteiger partial charge is 0.119 e. The maximum Gasteiger partial charge on any atom is 0.0392 e. The first-order valence-corrected chi connectivity index (χ1v) is 9.35. The van der Waals surface area contributed by atoms with Gasteiger partial charge in [-0.2, -0.15) is 0 Å². The molecule has 1 saturated carbocycles. The fourth-order valence-electron chi connectivity index (χ4n) is 2.84. The van der Waals surface area contributed by atoms with Crippen molar-refractivity contribution >= 4 is 23.5 Å². The minimum absolute atomic E-state index is 1.05. The van der Waals surface area contributed by atoms with Crippen LogP contribution in [0, 0.1) is 5.92 Å². The van der Waals surface area contributed by atoms with Crippen LogP contribution in [0.2, 0.25) is 0 Å². The summed E-state index contributed by atoms with van der Waals surface area (Å²) in [4.78, 5) is 0. The molecule has 0 atom stereocenters. The van der Waals surface area contributed by atoms with Crippen LogP contribution in [0.1, 0.15) is 64.7 Å². The first kappa shape index (κ1) is 13.9. The Morgan fingerprint density at radius 3 is 2.41 bits per heavy atom. The highest BCUT2D eigenvalue weighted by molar-refractivity contribution is 8.22. The van der Waals surface area contributed by atoms with Crippen molar-refractivity contribution in [3.63, 3.8) is 0 Å². The van der Waals surface area contributed by atoms with E-state index in [9.17, 15) is 0 Å². The number of thioether (sulfide) groups is 2. The lowest BCUT2D eigenvalue weighted by Crippen LogP contribution is -2.09. The third-order valence-corrected chi connectivity index (χ3v) is 6.76. The van der Waals surface area contributed by atoms with Crippen LogP contribution in [0.3, 0.4) is 0 Å². The Bertz CT molecular complexity index is 240. The average molecular weight is 271 g/mol. The Balaban J connectivity index is 1.73. The third-order valence-electron chi connectivity index (χ3n) is 3.97. The summed E-state index contributed by atoms with van der Waals surface area (Å²) in [7, 11) is 0. The summed E-state index contributed by atoms with van der Waals surface area (Å²) in [6.07, 6.45) is 13.0. The number of unbranched alkanes of at least 4 members (excludes halogenated alkanes) is 2. The maximum absolute atomic E-state index is 2.31. The first-order chi connectivity index (χ1) is 8.40. The molecule has 1 aliphatic carbocycles. The second-order valence-corrected chi connectivity index (χ2v) is 7.85. The number of hydrogen-bond donors (Lipinski definition) is 0. The summed E-state index contributed by atoms with van der Waals surface area (Å²) in [6.45, 7) is 2.31. The Morgan fingerprint density at radius 2 is 1.76 bits per heavy atom. The smallest absolute Gasteiger partial charge is 0.0392 e. The van der Waals surface area contributed by atoms with Crippen molar-refractivity contribution < 1.29 is 0 Å². The van der Waals surface area contributed by atoms with Crippen LogP contribution >= 0.6 is 23.5 Å². The van der Waals surface area contributed by atoms with E-state index < -0.39 is 0 Å². The molecule has 0 aromatic rings. The zero-order chi connectivity index (χ0) is 11.9. The molecule has 2 aliphatic rings. The highest BCUT2D eigenvalue weighted by atomic mass is 32.2. The van der Waals surface area contributed by atoms with Gasteiger partial charge in [-0.3, -0.25) is 0 Å². The van der Waals surface area contributed by atoms with Gasteiger partial charge in [-0.15, -0.1) is 23.5 Å². The van der Waals surface area contributed by atoms with E-state index in [1.54, 1.807) is 4.24 Å². The van der Waals surface area contributed by atoms with Gasteiger partial charge in [0.15, 0.2) is 0 Å². The van der Waals surface area contributed by atoms with E-state index in [1.807, 2.05) is 5.57 Å². The predicted molar refractivity (Wildman–Crippen MR) is 82.7 cm³/mol. The van der Waals surface area contributed by atoms with Crippen LogP contribution < -0.4 is 0 Å². The molecule has 1 heterocycles. The van der Waals surface area contributed by atoms with Crippen LogP contribution in [0.5, 0.6) is 0 Å². The molecule has 2 fully saturated rings. The van der Waals surface area contributed by atoms with Crippen molar-refractivity contribution in [1.29, 1.82) is 0 Å². The SMILES string of the molecule is CCCCCC1CCC(=C2SCCCS2)CC1. The number of rotatable bonds is 4. The monoisotopic (exact) mass is 270 g/mol. The van der Waals surface area contributed by atoms with Crippen molar-refractivity contribution in [2.45, 2.75) is 64.7 Å². The molecule has 0 radical (unpaired) electrons. The van der Waals surface area contributed by atoms with Gasteiger partial charge in [-0.05, 0) is 49.5 Å². The Kier molecular flexibility index (Phi) is 6.35. The Hall–Kier alpha value is 0.440. The summed E-state index contributed by atoms with van der Waals surface area (Å²) in [5.74, 6) is 3.78. The zero-order valence-electron chi connectivity index (χ0n) is 11.2. The van der Waals surface area contributed by atoms with E-state index in [1.165, 1.54) is 69.3 Å². The van der Waals surface area contributed by atoms with Crippen molar-refractivity contribution in [3.05, 3.63) is 9.81 Å². The minimum Gasteiger partial charge on any atom is -0.119 e. The maximum atomic E-state index is 2.31. The summed E-state index contributed by atoms with van der Waals surface area (Å²) in [5.41, 5.74) is 1.81. The fraction of sp³-hybridized carbons (Fsp3) is 0.867. The van der Waals surface area contributed by atoms with Gasteiger partial charge >= 0.3 is 0 Å². The Labute approximate surface area is 115 Å². The summed E-state index contributed by atoms with van der Waals surface area (Å²) in [6, 6.07) is 0. The molecule has 98 valence electrons. The van der Waals surface area contributed by atoms with Gasteiger partial charge in [0.1, 0.15) is 0 Å². The van der Waals surface area contributed by atoms with Crippen LogP contribution in [-0.4, -0.2) is 11.5 Å². The molecule has 0 amide bonds. The predicted octanol–water partition coefficient (Wildman–Crippen LogP) is 5.84. The van der Waals surface area contributed by atoms with E-state index in [4.69, 9.17) is 0 Å². The normalized spacial score (nSPS) is 26.3. The van der Waals surface area contributed by atoms with Gasteiger partial charge < -0.3 is 0 Å². The highest BCUT2D eigenvalue weighted by Crippen LogP contribution is 2.43. The molecule has 0 unspecified atom stereocenters. The van der Waals surface area contributed by atoms with Crippen LogP contribution in [0.25, 0.3) is 0 Å². The van der Waals surface area contributed by atoms with E-state index in [0.29, 0.717) is 0 Å². The summed E-state index contributed by atoms with van der Waals surface area (Å²) >= 11 is 4.27. The molecule has 0 spiro atoms. The topological polar surface area (TPSA) is 0 Å². The van der Waals surface area contributed by atoms with E-state index in [2.05, 4.69) is 30.4 Å². The van der Waals surface area contributed by atoms with E-state index >= 15 is 0 Å². The molecule has 0 nitrogen and oxygen atoms in total. The molecule has 2 heteroatoms. The van der Waals surface area contributed by atoms with Gasteiger partial charge in [0.2, 0.25) is 0 Å². The van der Waals surface area contributed by atoms with Crippen molar-refractivity contribution in [2.75, 3.05) is 11.5 Å². The molecular formula is C15H26S2. The fourth-order valence-corrected chi connectivity index (χ4v) is 5.62. The highest BCUT2D eigenvalue weighted by Gasteiger charge is 2.20. The second-order valence-electron chi connectivity index (χ2n) is 5.38. The third kappa shape index (κ3) is 4.55. The Morgan fingerprint density at radius 1 is 1.06 bits per heavy atom. The lowest BCUT2D eigenvalue weighted by atomic mass is 9.83. The average Bonchev–Trinajstić information content (AvgIpc) is 2.41. The summed E-state index contributed by atoms with van der Waals surface area (Å²) in [5, 5.41) is 0. The van der Waals surface area contributed by atoms with Gasteiger partial charge in [0, 0.05) is 4.24 Å². The lowest BCUT2D eigenvalue weighted by Gasteiger charge is -2.27. The van der Waals surface area contributed by atoms with Gasteiger partial charge in [-0.1, -0.05) is 38.2 Å². The van der Waals surface area contributed by atoms with E-state index in [-0.39, 0.29) is 0 Å². The van der Waals surface area contributed by atoms with Gasteiger partial charge in [0.05, 0.1) is 0 Å². The molecule has 0 bridgehead atoms. The van der Waals surface area contributed by atoms with Crippen LogP contribution in [0.15, 0.2) is 9.81 Å². The molecular weight excluding hydrogens is 244 g/mol. The van der Waals surface area contributed by atoms with Gasteiger partial charge in [-0.25, -0.2) is 0 Å². The van der Waals surface area contributed by atoms with Crippen molar-refractivity contribution in [1.82, 2.24) is 0 Å². The number of allylic oxidation sites excluding steroid dienone is 1. The van der Waals surface area contributed by atoms with Crippen LogP contribution in [0.4, 0.5) is 0 Å². The molecule has 2 rings (SSSR count). The molecule has 0 aromatic carbocycles. The molecule has 0 N–H and O–H groups in total. The van der Waals surface area contributed by atoms with Crippen molar-refractivity contribution in [2.24, 2.45) is 5.92 Å². The molecule has 1 saturated heterocycles. The number of hydrogen-bond acceptors (Lipinski definition) is 2. The minimum atomic E-state index is 1.05.